The first-order chi connectivity index (χ1) is 5.69. The number of ether oxygens (including phenoxy) is 2. The highest BCUT2D eigenvalue weighted by Crippen LogP contribution is 2.26. The monoisotopic (exact) mass is 176 g/mol. The molecule has 70 valence electrons. The van der Waals surface area contributed by atoms with Crippen molar-refractivity contribution in [2.75, 3.05) is 19.8 Å². The molecule has 0 spiro atoms. The summed E-state index contributed by atoms with van der Waals surface area (Å²) in [5, 5.41) is 0. The highest BCUT2D eigenvalue weighted by atomic mass is 19.1. The summed E-state index contributed by atoms with van der Waals surface area (Å²) >= 11 is 0. The first-order valence-corrected chi connectivity index (χ1v) is 4.13. The molecule has 0 N–H and O–H groups in total. The lowest BCUT2D eigenvalue weighted by Gasteiger charge is -2.26. The predicted octanol–water partition coefficient (Wildman–Crippen LogP) is 1.07. The minimum absolute atomic E-state index is 0.117. The fourth-order valence-electron chi connectivity index (χ4n) is 1.16. The van der Waals surface area contributed by atoms with Crippen LogP contribution in [0.4, 0.5) is 4.39 Å². The van der Waals surface area contributed by atoms with E-state index in [-0.39, 0.29) is 19.4 Å². The van der Waals surface area contributed by atoms with Crippen LogP contribution in [0.1, 0.15) is 19.8 Å². The third-order valence-corrected chi connectivity index (χ3v) is 1.93. The van der Waals surface area contributed by atoms with Crippen LogP contribution in [0.3, 0.4) is 0 Å². The van der Waals surface area contributed by atoms with Crippen molar-refractivity contribution < 1.29 is 18.7 Å². The topological polar surface area (TPSA) is 35.5 Å². The fourth-order valence-corrected chi connectivity index (χ4v) is 1.16. The van der Waals surface area contributed by atoms with E-state index >= 15 is 0 Å². The summed E-state index contributed by atoms with van der Waals surface area (Å²) in [5.41, 5.74) is -1.80. The number of rotatable bonds is 2. The van der Waals surface area contributed by atoms with E-state index in [0.717, 1.165) is 0 Å². The molecule has 0 atom stereocenters. The van der Waals surface area contributed by atoms with Gasteiger partial charge in [0.05, 0.1) is 19.8 Å². The van der Waals surface area contributed by atoms with Gasteiger partial charge in [-0.3, -0.25) is 0 Å². The van der Waals surface area contributed by atoms with Crippen LogP contribution in [0.15, 0.2) is 0 Å². The summed E-state index contributed by atoms with van der Waals surface area (Å²) in [5.74, 6) is -0.742. The smallest absolute Gasteiger partial charge is 0.344 e. The number of alkyl halides is 1. The van der Waals surface area contributed by atoms with E-state index in [1.165, 1.54) is 0 Å². The van der Waals surface area contributed by atoms with E-state index in [2.05, 4.69) is 4.74 Å². The quantitative estimate of drug-likeness (QED) is 0.590. The van der Waals surface area contributed by atoms with E-state index in [0.29, 0.717) is 13.2 Å². The lowest BCUT2D eigenvalue weighted by Crippen LogP contribution is -2.41. The molecule has 0 unspecified atom stereocenters. The first kappa shape index (κ1) is 9.45. The maximum absolute atomic E-state index is 13.6. The van der Waals surface area contributed by atoms with Crippen molar-refractivity contribution in [2.24, 2.45) is 0 Å². The number of halogens is 1. The Morgan fingerprint density at radius 2 is 2.17 bits per heavy atom. The highest BCUT2D eigenvalue weighted by molar-refractivity contribution is 5.79. The Morgan fingerprint density at radius 3 is 2.67 bits per heavy atom. The average molecular weight is 176 g/mol. The second-order valence-corrected chi connectivity index (χ2v) is 2.80. The SMILES string of the molecule is CCOC(=O)C1(F)CCOCC1. The van der Waals surface area contributed by atoms with Crippen molar-refractivity contribution in [3.63, 3.8) is 0 Å². The van der Waals surface area contributed by atoms with E-state index in [9.17, 15) is 9.18 Å². The third-order valence-electron chi connectivity index (χ3n) is 1.93. The molecule has 0 aliphatic carbocycles. The summed E-state index contributed by atoms with van der Waals surface area (Å²) in [4.78, 5) is 11.1. The molecule has 1 fully saturated rings. The van der Waals surface area contributed by atoms with Gasteiger partial charge in [-0.1, -0.05) is 0 Å². The van der Waals surface area contributed by atoms with Gasteiger partial charge in [0, 0.05) is 12.8 Å². The zero-order valence-corrected chi connectivity index (χ0v) is 7.14. The average Bonchev–Trinajstić information content (AvgIpc) is 2.06. The Hall–Kier alpha value is -0.640. The highest BCUT2D eigenvalue weighted by Gasteiger charge is 2.41. The van der Waals surface area contributed by atoms with E-state index in [1.54, 1.807) is 6.92 Å². The van der Waals surface area contributed by atoms with Crippen molar-refractivity contribution >= 4 is 5.97 Å². The number of hydrogen-bond donors (Lipinski definition) is 0. The molecular weight excluding hydrogens is 163 g/mol. The van der Waals surface area contributed by atoms with Crippen molar-refractivity contribution in [3.05, 3.63) is 0 Å². The number of hydrogen-bond acceptors (Lipinski definition) is 3. The Labute approximate surface area is 70.8 Å². The molecule has 1 aliphatic heterocycles. The zero-order valence-electron chi connectivity index (χ0n) is 7.14. The van der Waals surface area contributed by atoms with Gasteiger partial charge in [0.1, 0.15) is 0 Å². The molecule has 0 aromatic heterocycles. The maximum atomic E-state index is 13.6. The fraction of sp³-hybridized carbons (Fsp3) is 0.875. The summed E-state index contributed by atoms with van der Waals surface area (Å²) in [6, 6.07) is 0. The molecule has 3 nitrogen and oxygen atoms in total. The van der Waals surface area contributed by atoms with Crippen LogP contribution >= 0.6 is 0 Å². The van der Waals surface area contributed by atoms with Gasteiger partial charge < -0.3 is 9.47 Å². The van der Waals surface area contributed by atoms with Gasteiger partial charge in [0.25, 0.3) is 0 Å². The molecule has 0 aromatic rings. The number of carbonyl (C=O) groups excluding carboxylic acids is 1. The van der Waals surface area contributed by atoms with Crippen molar-refractivity contribution in [2.45, 2.75) is 25.4 Å². The largest absolute Gasteiger partial charge is 0.464 e. The molecule has 0 saturated carbocycles. The number of esters is 1. The van der Waals surface area contributed by atoms with E-state index in [4.69, 9.17) is 4.74 Å². The lowest BCUT2D eigenvalue weighted by molar-refractivity contribution is -0.163. The Balaban J connectivity index is 2.50. The summed E-state index contributed by atoms with van der Waals surface area (Å²) in [6.45, 7) is 2.50. The van der Waals surface area contributed by atoms with Crippen LogP contribution < -0.4 is 0 Å². The van der Waals surface area contributed by atoms with Gasteiger partial charge in [-0.15, -0.1) is 0 Å². The molecule has 1 saturated heterocycles. The number of carbonyl (C=O) groups is 1. The maximum Gasteiger partial charge on any atom is 0.344 e. The lowest BCUT2D eigenvalue weighted by atomic mass is 9.97. The van der Waals surface area contributed by atoms with Crippen LogP contribution in [0.25, 0.3) is 0 Å². The van der Waals surface area contributed by atoms with Crippen molar-refractivity contribution in [1.82, 2.24) is 0 Å². The standard InChI is InChI=1S/C8H13FO3/c1-2-12-7(10)8(9)3-5-11-6-4-8/h2-6H2,1H3. The first-order valence-electron chi connectivity index (χ1n) is 4.13. The molecule has 0 bridgehead atoms. The summed E-state index contributed by atoms with van der Waals surface area (Å²) in [7, 11) is 0. The predicted molar refractivity (Wildman–Crippen MR) is 40.5 cm³/mol. The van der Waals surface area contributed by atoms with Gasteiger partial charge in [-0.05, 0) is 6.92 Å². The second-order valence-electron chi connectivity index (χ2n) is 2.80. The normalized spacial score (nSPS) is 21.8. The molecule has 1 aliphatic rings. The van der Waals surface area contributed by atoms with Crippen LogP contribution in [0, 0.1) is 0 Å². The molecule has 1 rings (SSSR count). The molecule has 0 amide bonds. The minimum atomic E-state index is -1.80. The zero-order chi connectivity index (χ0) is 9.03. The summed E-state index contributed by atoms with van der Waals surface area (Å²) < 4.78 is 23.2. The molecule has 0 aromatic carbocycles. The Kier molecular flexibility index (Phi) is 3.03. The van der Waals surface area contributed by atoms with Crippen LogP contribution in [0.2, 0.25) is 0 Å². The molecule has 12 heavy (non-hydrogen) atoms. The molecule has 0 radical (unpaired) electrons. The summed E-state index contributed by atoms with van der Waals surface area (Å²) in [6.07, 6.45) is 0.234. The van der Waals surface area contributed by atoms with Crippen molar-refractivity contribution in [3.8, 4) is 0 Å². The van der Waals surface area contributed by atoms with Gasteiger partial charge in [-0.2, -0.15) is 0 Å². The van der Waals surface area contributed by atoms with Crippen molar-refractivity contribution in [1.29, 1.82) is 0 Å². The molecular formula is C8H13FO3. The Bertz CT molecular complexity index is 164. The van der Waals surface area contributed by atoms with Crippen LogP contribution in [0.5, 0.6) is 0 Å². The van der Waals surface area contributed by atoms with E-state index < -0.39 is 11.6 Å². The molecule has 1 heterocycles. The molecule has 4 heteroatoms. The second kappa shape index (κ2) is 3.85. The minimum Gasteiger partial charge on any atom is -0.464 e. The van der Waals surface area contributed by atoms with Gasteiger partial charge >= 0.3 is 5.97 Å². The van der Waals surface area contributed by atoms with Crippen LogP contribution in [-0.4, -0.2) is 31.5 Å². The van der Waals surface area contributed by atoms with Gasteiger partial charge in [-0.25, -0.2) is 9.18 Å². The Morgan fingerprint density at radius 1 is 1.58 bits per heavy atom. The van der Waals surface area contributed by atoms with E-state index in [1.807, 2.05) is 0 Å². The van der Waals surface area contributed by atoms with Gasteiger partial charge in [0.2, 0.25) is 5.67 Å². The third kappa shape index (κ3) is 1.94. The van der Waals surface area contributed by atoms with Gasteiger partial charge in [0.15, 0.2) is 0 Å². The van der Waals surface area contributed by atoms with Crippen LogP contribution in [-0.2, 0) is 14.3 Å².